The van der Waals surface area contributed by atoms with E-state index in [-0.39, 0.29) is 0 Å². The molecule has 0 bridgehead atoms. The van der Waals surface area contributed by atoms with Gasteiger partial charge in [-0.05, 0) is 33.0 Å². The molecule has 2 rings (SSSR count). The number of benzene rings is 2. The summed E-state index contributed by atoms with van der Waals surface area (Å²) in [7, 11) is 0. The molecule has 0 heterocycles. The Kier molecular flexibility index (Phi) is 6.43. The van der Waals surface area contributed by atoms with Crippen molar-refractivity contribution in [2.24, 2.45) is 0 Å². The molecule has 0 spiro atoms. The van der Waals surface area contributed by atoms with Crippen molar-refractivity contribution in [1.29, 1.82) is 0 Å². The highest BCUT2D eigenvalue weighted by atomic mass is 32.5. The Hall–Kier alpha value is -0.520. The monoisotopic (exact) mass is 392 g/mol. The van der Waals surface area contributed by atoms with Crippen LogP contribution in [0.1, 0.15) is 27.7 Å². The average molecular weight is 393 g/mol. The molecule has 128 valence electrons. The fourth-order valence-electron chi connectivity index (χ4n) is 3.14. The van der Waals surface area contributed by atoms with E-state index in [1.807, 2.05) is 12.1 Å². The molecule has 2 aromatic rings. The van der Waals surface area contributed by atoms with Crippen LogP contribution in [0.3, 0.4) is 0 Å². The van der Waals surface area contributed by atoms with Crippen molar-refractivity contribution in [2.45, 2.75) is 39.0 Å². The summed E-state index contributed by atoms with van der Waals surface area (Å²) in [5.74, 6) is 0. The molecule has 0 aliphatic rings. The van der Waals surface area contributed by atoms with E-state index in [0.717, 1.165) is 5.06 Å². The summed E-state index contributed by atoms with van der Waals surface area (Å²) in [6.45, 7) is 13.5. The Bertz CT molecular complexity index is 737. The van der Waals surface area contributed by atoms with Gasteiger partial charge in [0.15, 0.2) is 0 Å². The molecule has 0 saturated carbocycles. The Morgan fingerprint density at radius 2 is 1.08 bits per heavy atom. The van der Waals surface area contributed by atoms with Gasteiger partial charge < -0.3 is 0 Å². The lowest BCUT2D eigenvalue weighted by Crippen LogP contribution is -2.20. The third-order valence-corrected chi connectivity index (χ3v) is 19.0. The molecule has 0 N–H and O–H groups in total. The van der Waals surface area contributed by atoms with Crippen molar-refractivity contribution >= 4 is 46.3 Å². The zero-order valence-electron chi connectivity index (χ0n) is 14.8. The van der Waals surface area contributed by atoms with Gasteiger partial charge >= 0.3 is 0 Å². The molecular formula is C20H26P2S2. The molecule has 0 aliphatic carbocycles. The summed E-state index contributed by atoms with van der Waals surface area (Å²) in [6, 6.07) is 17.0. The summed E-state index contributed by atoms with van der Waals surface area (Å²) in [5.41, 5.74) is 0.824. The first-order chi connectivity index (χ1) is 11.3. The van der Waals surface area contributed by atoms with E-state index < -0.39 is 12.1 Å². The van der Waals surface area contributed by atoms with Crippen molar-refractivity contribution in [3.8, 4) is 0 Å². The lowest BCUT2D eigenvalue weighted by atomic mass is 10.4. The molecule has 0 saturated heterocycles. The third kappa shape index (κ3) is 3.40. The van der Waals surface area contributed by atoms with Crippen LogP contribution in [0.15, 0.2) is 72.3 Å². The number of hydrogen-bond acceptors (Lipinski definition) is 2. The predicted molar refractivity (Wildman–Crippen MR) is 120 cm³/mol. The lowest BCUT2D eigenvalue weighted by molar-refractivity contribution is 1.01. The minimum atomic E-state index is -2.16. The minimum absolute atomic E-state index is 0.412. The Labute approximate surface area is 157 Å². The van der Waals surface area contributed by atoms with E-state index >= 15 is 0 Å². The molecule has 0 nitrogen and oxygen atoms in total. The molecule has 0 amide bonds. The van der Waals surface area contributed by atoms with Gasteiger partial charge in [0, 0.05) is 6.04 Å². The van der Waals surface area contributed by atoms with E-state index in [9.17, 15) is 0 Å². The highest BCUT2D eigenvalue weighted by molar-refractivity contribution is 8.32. The number of hydrogen-bond donors (Lipinski definition) is 0. The number of rotatable bonds is 6. The van der Waals surface area contributed by atoms with Gasteiger partial charge in [-0.2, -0.15) is 0 Å². The van der Waals surface area contributed by atoms with E-state index in [0.29, 0.717) is 11.3 Å². The standard InChI is InChI=1S/C20H26P2S2/c1-16(2)21(23,17(3)4)18(5)22(24,19-12-8-6-9-13-19)20-14-10-7-11-15-20/h6-17H,5H2,1-4H3. The quantitative estimate of drug-likeness (QED) is 0.563. The fourth-order valence-corrected chi connectivity index (χ4v) is 15.0. The van der Waals surface area contributed by atoms with Gasteiger partial charge in [-0.15, -0.1) is 0 Å². The molecule has 0 aliphatic heterocycles. The second-order valence-corrected chi connectivity index (χ2v) is 17.2. The summed E-state index contributed by atoms with van der Waals surface area (Å²) < 4.78 is 0. The fraction of sp³-hybridized carbons (Fsp3) is 0.300. The molecule has 4 heteroatoms. The van der Waals surface area contributed by atoms with E-state index in [2.05, 4.69) is 82.8 Å². The van der Waals surface area contributed by atoms with Crippen molar-refractivity contribution < 1.29 is 0 Å². The maximum absolute atomic E-state index is 6.42. The van der Waals surface area contributed by atoms with Crippen molar-refractivity contribution in [3.63, 3.8) is 0 Å². The minimum Gasteiger partial charge on any atom is -0.0920 e. The van der Waals surface area contributed by atoms with Gasteiger partial charge in [0.2, 0.25) is 0 Å². The van der Waals surface area contributed by atoms with Crippen molar-refractivity contribution in [2.75, 3.05) is 0 Å². The Balaban J connectivity index is 2.76. The summed E-state index contributed by atoms with van der Waals surface area (Å²) in [5, 5.41) is 3.56. The first-order valence-electron chi connectivity index (χ1n) is 8.26. The summed E-state index contributed by atoms with van der Waals surface area (Å²) in [4.78, 5) is 0. The van der Waals surface area contributed by atoms with Gasteiger partial charge in [-0.1, -0.05) is 119 Å². The smallest absolute Gasteiger partial charge is 0.0385 e. The van der Waals surface area contributed by atoms with Crippen LogP contribution in [0.5, 0.6) is 0 Å². The normalized spacial score (nSPS) is 12.6. The zero-order valence-corrected chi connectivity index (χ0v) is 18.3. The molecule has 0 unspecified atom stereocenters. The highest BCUT2D eigenvalue weighted by Crippen LogP contribution is 2.74. The molecule has 0 aromatic heterocycles. The average Bonchev–Trinajstić information content (AvgIpc) is 2.60. The molecule has 0 fully saturated rings. The van der Waals surface area contributed by atoms with Gasteiger partial charge in [-0.25, -0.2) is 0 Å². The van der Waals surface area contributed by atoms with Crippen LogP contribution in [0.25, 0.3) is 0 Å². The zero-order chi connectivity index (χ0) is 18.0. The Morgan fingerprint density at radius 1 is 0.750 bits per heavy atom. The van der Waals surface area contributed by atoms with Crippen LogP contribution in [0, 0.1) is 0 Å². The third-order valence-electron chi connectivity index (χ3n) is 4.54. The SMILES string of the molecule is C=C(P(=S)(c1ccccc1)c1ccccc1)P(=S)(C(C)C)C(C)C. The van der Waals surface area contributed by atoms with E-state index in [4.69, 9.17) is 23.6 Å². The summed E-state index contributed by atoms with van der Waals surface area (Å²) >= 11 is 12.7. The molecule has 2 aromatic carbocycles. The Morgan fingerprint density at radius 3 is 1.38 bits per heavy atom. The first-order valence-corrected chi connectivity index (χ1v) is 14.0. The second kappa shape index (κ2) is 7.79. The van der Waals surface area contributed by atoms with Crippen molar-refractivity contribution in [1.82, 2.24) is 0 Å². The van der Waals surface area contributed by atoms with Crippen LogP contribution in [0.2, 0.25) is 0 Å². The van der Waals surface area contributed by atoms with Crippen LogP contribution in [-0.2, 0) is 23.6 Å². The van der Waals surface area contributed by atoms with E-state index in [1.165, 1.54) is 10.6 Å². The molecule has 0 radical (unpaired) electrons. The maximum atomic E-state index is 6.42. The lowest BCUT2D eigenvalue weighted by Gasteiger charge is -2.38. The van der Waals surface area contributed by atoms with Gasteiger partial charge in [0.05, 0.1) is 0 Å². The molecule has 0 atom stereocenters. The second-order valence-electron chi connectivity index (χ2n) is 6.59. The summed E-state index contributed by atoms with van der Waals surface area (Å²) in [6.07, 6.45) is 0. The van der Waals surface area contributed by atoms with Crippen molar-refractivity contribution in [3.05, 3.63) is 72.3 Å². The molecule has 24 heavy (non-hydrogen) atoms. The van der Waals surface area contributed by atoms with Crippen LogP contribution < -0.4 is 10.6 Å². The van der Waals surface area contributed by atoms with E-state index in [1.54, 1.807) is 0 Å². The van der Waals surface area contributed by atoms with Gasteiger partial charge in [0.25, 0.3) is 0 Å². The van der Waals surface area contributed by atoms with Gasteiger partial charge in [0.1, 0.15) is 0 Å². The van der Waals surface area contributed by atoms with Crippen LogP contribution >= 0.6 is 12.1 Å². The highest BCUT2D eigenvalue weighted by Gasteiger charge is 2.38. The largest absolute Gasteiger partial charge is 0.0920 e. The van der Waals surface area contributed by atoms with Crippen LogP contribution in [0.4, 0.5) is 0 Å². The maximum Gasteiger partial charge on any atom is 0.0385 e. The predicted octanol–water partition coefficient (Wildman–Crippen LogP) is 5.88. The topological polar surface area (TPSA) is 0 Å². The first kappa shape index (κ1) is 19.8. The van der Waals surface area contributed by atoms with Crippen LogP contribution in [-0.4, -0.2) is 11.3 Å². The molecular weight excluding hydrogens is 366 g/mol. The van der Waals surface area contributed by atoms with Gasteiger partial charge in [-0.3, -0.25) is 0 Å².